The molecule has 1 aromatic heterocycles. The van der Waals surface area contributed by atoms with E-state index in [2.05, 4.69) is 27.5 Å². The van der Waals surface area contributed by atoms with Crippen molar-refractivity contribution in [3.05, 3.63) is 92.9 Å². The van der Waals surface area contributed by atoms with E-state index in [0.717, 1.165) is 15.8 Å². The quantitative estimate of drug-likeness (QED) is 0.101. The number of benzene rings is 2. The number of thiazole rings is 1. The van der Waals surface area contributed by atoms with Crippen molar-refractivity contribution >= 4 is 55.8 Å². The molecular weight excluding hydrogens is 584 g/mol. The van der Waals surface area contributed by atoms with E-state index in [1.54, 1.807) is 49.4 Å². The van der Waals surface area contributed by atoms with Gasteiger partial charge in [0.25, 0.3) is 5.78 Å². The maximum absolute atomic E-state index is 13.4. The van der Waals surface area contributed by atoms with Crippen LogP contribution in [0.25, 0.3) is 5.76 Å². The fourth-order valence-corrected chi connectivity index (χ4v) is 5.43. The van der Waals surface area contributed by atoms with E-state index in [0.29, 0.717) is 35.1 Å². The molecule has 8 nitrogen and oxygen atoms in total. The van der Waals surface area contributed by atoms with E-state index in [-0.39, 0.29) is 27.9 Å². The van der Waals surface area contributed by atoms with Crippen LogP contribution in [0.15, 0.2) is 71.2 Å². The smallest absolute Gasteiger partial charge is 0.350 e. The second-order valence-corrected chi connectivity index (χ2v) is 11.1. The predicted octanol–water partition coefficient (Wildman–Crippen LogP) is 6.22. The van der Waals surface area contributed by atoms with E-state index in [4.69, 9.17) is 9.47 Å². The summed E-state index contributed by atoms with van der Waals surface area (Å²) in [4.78, 5) is 45.2. The van der Waals surface area contributed by atoms with Gasteiger partial charge >= 0.3 is 11.9 Å². The largest absolute Gasteiger partial charge is 0.507 e. The fraction of sp³-hybridized carbons (Fsp3) is 0.241. The van der Waals surface area contributed by atoms with Crippen LogP contribution >= 0.6 is 27.3 Å². The van der Waals surface area contributed by atoms with Crippen LogP contribution in [0, 0.1) is 12.8 Å². The molecule has 0 bridgehead atoms. The van der Waals surface area contributed by atoms with Crippen molar-refractivity contribution in [1.29, 1.82) is 0 Å². The van der Waals surface area contributed by atoms with Crippen molar-refractivity contribution in [2.24, 2.45) is 5.92 Å². The lowest BCUT2D eigenvalue weighted by Crippen LogP contribution is -2.29. The zero-order chi connectivity index (χ0) is 28.3. The summed E-state index contributed by atoms with van der Waals surface area (Å²) >= 11 is 4.39. The van der Waals surface area contributed by atoms with Crippen LogP contribution in [0.2, 0.25) is 0 Å². The highest BCUT2D eigenvalue weighted by Crippen LogP contribution is 2.44. The molecule has 0 aliphatic carbocycles. The normalized spacial score (nSPS) is 16.5. The molecule has 2 aromatic carbocycles. The van der Waals surface area contributed by atoms with Crippen LogP contribution in [0.3, 0.4) is 0 Å². The van der Waals surface area contributed by atoms with E-state index in [1.807, 2.05) is 19.9 Å². The molecule has 1 saturated heterocycles. The molecule has 2 heterocycles. The number of carbonyl (C=O) groups excluding carboxylic acids is 3. The number of hydrogen-bond donors (Lipinski definition) is 1. The Hall–Kier alpha value is -3.76. The number of amides is 1. The first-order valence-electron chi connectivity index (χ1n) is 12.2. The first-order valence-corrected chi connectivity index (χ1v) is 13.8. The van der Waals surface area contributed by atoms with Crippen LogP contribution < -0.4 is 9.64 Å². The molecule has 1 N–H and O–H groups in total. The lowest BCUT2D eigenvalue weighted by Gasteiger charge is -2.23. The third-order valence-corrected chi connectivity index (χ3v) is 7.46. The molecule has 0 spiro atoms. The topological polar surface area (TPSA) is 106 Å². The molecule has 1 aliphatic rings. The second kappa shape index (κ2) is 12.0. The van der Waals surface area contributed by atoms with E-state index >= 15 is 0 Å². The summed E-state index contributed by atoms with van der Waals surface area (Å²) in [6.45, 7) is 9.80. The number of ketones is 1. The second-order valence-electron chi connectivity index (χ2n) is 9.25. The van der Waals surface area contributed by atoms with Crippen LogP contribution in [0.1, 0.15) is 46.4 Å². The van der Waals surface area contributed by atoms with Gasteiger partial charge in [-0.05, 0) is 54.8 Å². The first kappa shape index (κ1) is 28.3. The average Bonchev–Trinajstić information content (AvgIpc) is 3.42. The van der Waals surface area contributed by atoms with Gasteiger partial charge in [0.05, 0.1) is 23.9 Å². The molecule has 1 unspecified atom stereocenters. The summed E-state index contributed by atoms with van der Waals surface area (Å²) < 4.78 is 11.6. The van der Waals surface area contributed by atoms with E-state index in [1.165, 1.54) is 11.0 Å². The van der Waals surface area contributed by atoms with Crippen molar-refractivity contribution in [3.63, 3.8) is 0 Å². The minimum Gasteiger partial charge on any atom is -0.507 e. The number of rotatable bonds is 9. The van der Waals surface area contributed by atoms with Gasteiger partial charge in [-0.15, -0.1) is 0 Å². The first-order chi connectivity index (χ1) is 18.6. The number of aliphatic hydroxyl groups is 1. The van der Waals surface area contributed by atoms with Crippen LogP contribution in [0.5, 0.6) is 5.75 Å². The lowest BCUT2D eigenvalue weighted by molar-refractivity contribution is -0.132. The number of aliphatic hydroxyl groups excluding tert-OH is 1. The third-order valence-electron chi connectivity index (χ3n) is 5.83. The van der Waals surface area contributed by atoms with Gasteiger partial charge in [0, 0.05) is 10.0 Å². The van der Waals surface area contributed by atoms with Gasteiger partial charge in [-0.25, -0.2) is 9.78 Å². The number of aryl methyl sites for hydroxylation is 1. The van der Waals surface area contributed by atoms with Crippen molar-refractivity contribution in [2.45, 2.75) is 26.8 Å². The third kappa shape index (κ3) is 5.97. The van der Waals surface area contributed by atoms with Gasteiger partial charge in [-0.1, -0.05) is 65.9 Å². The number of hydrogen-bond acceptors (Lipinski definition) is 8. The van der Waals surface area contributed by atoms with Crippen molar-refractivity contribution in [2.75, 3.05) is 18.1 Å². The number of aromatic nitrogens is 1. The number of Topliss-reactive ketones (excluding diaryl/α,β-unsaturated/α-hetero) is 1. The Morgan fingerprint density at radius 1 is 1.23 bits per heavy atom. The van der Waals surface area contributed by atoms with Crippen molar-refractivity contribution in [1.82, 2.24) is 4.98 Å². The summed E-state index contributed by atoms with van der Waals surface area (Å²) in [5, 5.41) is 11.5. The maximum atomic E-state index is 13.4. The Balaban J connectivity index is 1.81. The summed E-state index contributed by atoms with van der Waals surface area (Å²) in [5.41, 5.74) is 1.20. The van der Waals surface area contributed by atoms with Gasteiger partial charge < -0.3 is 14.6 Å². The number of ether oxygens (including phenoxy) is 2. The molecule has 10 heteroatoms. The Morgan fingerprint density at radius 2 is 1.95 bits per heavy atom. The van der Waals surface area contributed by atoms with Crippen LogP contribution in [0.4, 0.5) is 5.13 Å². The summed E-state index contributed by atoms with van der Waals surface area (Å²) in [6, 6.07) is 12.8. The monoisotopic (exact) mass is 610 g/mol. The Kier molecular flexibility index (Phi) is 8.66. The zero-order valence-corrected chi connectivity index (χ0v) is 24.0. The number of nitrogens with zero attached hydrogens (tertiary/aromatic N) is 2. The summed E-state index contributed by atoms with van der Waals surface area (Å²) in [5.74, 6) is -1.68. The Morgan fingerprint density at radius 3 is 2.59 bits per heavy atom. The minimum absolute atomic E-state index is 0.0232. The van der Waals surface area contributed by atoms with Gasteiger partial charge in [-0.2, -0.15) is 0 Å². The van der Waals surface area contributed by atoms with E-state index in [9.17, 15) is 19.5 Å². The van der Waals surface area contributed by atoms with Crippen molar-refractivity contribution < 1.29 is 29.0 Å². The van der Waals surface area contributed by atoms with Crippen molar-refractivity contribution in [3.8, 4) is 5.75 Å². The molecule has 0 radical (unpaired) electrons. The Bertz CT molecular complexity index is 1460. The number of halogens is 1. The molecule has 1 amide bonds. The number of esters is 1. The molecule has 39 heavy (non-hydrogen) atoms. The average molecular weight is 612 g/mol. The highest BCUT2D eigenvalue weighted by Gasteiger charge is 2.48. The van der Waals surface area contributed by atoms with Gasteiger partial charge in [0.2, 0.25) is 0 Å². The maximum Gasteiger partial charge on any atom is 0.350 e. The molecule has 202 valence electrons. The predicted molar refractivity (Wildman–Crippen MR) is 153 cm³/mol. The highest BCUT2D eigenvalue weighted by atomic mass is 79.9. The summed E-state index contributed by atoms with van der Waals surface area (Å²) in [7, 11) is 0. The zero-order valence-electron chi connectivity index (χ0n) is 21.6. The molecule has 3 aromatic rings. The molecule has 1 aliphatic heterocycles. The summed E-state index contributed by atoms with van der Waals surface area (Å²) in [6.07, 6.45) is 1.45. The van der Waals surface area contributed by atoms with Gasteiger partial charge in [0.1, 0.15) is 23.0 Å². The minimum atomic E-state index is -0.984. The van der Waals surface area contributed by atoms with Crippen LogP contribution in [-0.2, 0) is 14.3 Å². The molecule has 0 saturated carbocycles. The highest BCUT2D eigenvalue weighted by molar-refractivity contribution is 9.10. The molecule has 1 fully saturated rings. The number of anilines is 1. The lowest BCUT2D eigenvalue weighted by atomic mass is 9.95. The standard InChI is InChI=1S/C29H27BrN2O6S/c1-5-13-37-28(36)26-17(4)31-29(39-26)32-23(19-7-6-8-20(30)14-19)22(25(34)27(32)35)24(33)18-9-11-21(12-10-18)38-15-16(2)3/h5-12,14,16,23,33H,1,13,15H2,2-4H3/b24-22+. The van der Waals surface area contributed by atoms with Gasteiger partial charge in [0.15, 0.2) is 5.13 Å². The fourth-order valence-electron chi connectivity index (χ4n) is 4.02. The number of carbonyl (C=O) groups is 3. The molecule has 4 rings (SSSR count). The van der Waals surface area contributed by atoms with Gasteiger partial charge in [-0.3, -0.25) is 14.5 Å². The Labute approximate surface area is 238 Å². The van der Waals surface area contributed by atoms with Crippen LogP contribution in [-0.4, -0.2) is 41.0 Å². The molecule has 1 atom stereocenters. The molecular formula is C29H27BrN2O6S. The SMILES string of the molecule is C=CCOC(=O)c1sc(N2C(=O)C(=O)/C(=C(/O)c3ccc(OCC(C)C)cc3)C2c2cccc(Br)c2)nc1C. The van der Waals surface area contributed by atoms with E-state index < -0.39 is 23.7 Å².